The zero-order valence-corrected chi connectivity index (χ0v) is 12.8. The van der Waals surface area contributed by atoms with Gasteiger partial charge < -0.3 is 5.11 Å². The zero-order valence-electron chi connectivity index (χ0n) is 12.0. The van der Waals surface area contributed by atoms with Crippen molar-refractivity contribution >= 4 is 16.0 Å². The van der Waals surface area contributed by atoms with Crippen LogP contribution in [0, 0.1) is 6.92 Å². The van der Waals surface area contributed by atoms with E-state index in [9.17, 15) is 18.4 Å². The van der Waals surface area contributed by atoms with Crippen molar-refractivity contribution in [3.05, 3.63) is 65.7 Å². The van der Waals surface area contributed by atoms with Crippen molar-refractivity contribution in [2.24, 2.45) is 9.63 Å². The Kier molecular flexibility index (Phi) is 4.72. The second-order valence-electron chi connectivity index (χ2n) is 4.56. The van der Waals surface area contributed by atoms with E-state index in [0.29, 0.717) is 5.56 Å². The van der Waals surface area contributed by atoms with E-state index in [1.165, 1.54) is 31.3 Å². The molecule has 0 aromatic heterocycles. The Labute approximate surface area is 132 Å². The lowest BCUT2D eigenvalue weighted by molar-refractivity contribution is -0.000515. The smallest absolute Gasteiger partial charge is 0.335 e. The number of carboxylic acid groups (broad SMARTS) is 1. The second-order valence-corrected chi connectivity index (χ2v) is 6.11. The summed E-state index contributed by atoms with van der Waals surface area (Å²) in [5.41, 5.74) is 0.415. The number of aryl methyl sites for hydroxylation is 1. The Hall–Kier alpha value is -2.78. The van der Waals surface area contributed by atoms with Gasteiger partial charge in [-0.15, -0.1) is 5.11 Å². The molecule has 0 saturated heterocycles. The Bertz CT molecular complexity index is 853. The number of carbonyl (C=O) groups is 1. The fraction of sp³-hybridized carbons (Fsp3) is 0.0714. The molecule has 0 bridgehead atoms. The number of nitrogens with zero attached hydrogens (tertiary/aromatic N) is 3. The highest BCUT2D eigenvalue weighted by Crippen LogP contribution is 2.20. The summed E-state index contributed by atoms with van der Waals surface area (Å²) in [5, 5.41) is 22.6. The summed E-state index contributed by atoms with van der Waals surface area (Å²) >= 11 is 0. The monoisotopic (exact) mass is 335 g/mol. The summed E-state index contributed by atoms with van der Waals surface area (Å²) < 4.78 is 27.6. The number of hydrogen-bond donors (Lipinski definition) is 2. The maximum atomic E-state index is 12.2. The number of hydroxylamine groups is 2. The lowest BCUT2D eigenvalue weighted by atomic mass is 10.1. The molecule has 1 heterocycles. The van der Waals surface area contributed by atoms with Gasteiger partial charge in [0.25, 0.3) is 10.0 Å². The van der Waals surface area contributed by atoms with Gasteiger partial charge >= 0.3 is 5.97 Å². The lowest BCUT2D eigenvalue weighted by Gasteiger charge is -2.13. The summed E-state index contributed by atoms with van der Waals surface area (Å²) in [6.45, 7) is 1.52. The number of allylic oxidation sites excluding steroid dienone is 3. The van der Waals surface area contributed by atoms with Crippen molar-refractivity contribution in [1.29, 1.82) is 0 Å². The van der Waals surface area contributed by atoms with Crippen molar-refractivity contribution in [1.82, 2.24) is 5.06 Å². The Morgan fingerprint density at radius 2 is 2.04 bits per heavy atom. The van der Waals surface area contributed by atoms with Crippen molar-refractivity contribution in [3.63, 3.8) is 0 Å². The molecule has 1 aromatic rings. The minimum Gasteiger partial charge on any atom is -0.478 e. The molecule has 120 valence electrons. The van der Waals surface area contributed by atoms with Crippen molar-refractivity contribution < 1.29 is 23.5 Å². The molecule has 1 aromatic carbocycles. The lowest BCUT2D eigenvalue weighted by Crippen LogP contribution is -2.10. The van der Waals surface area contributed by atoms with Crippen molar-refractivity contribution in [2.75, 3.05) is 0 Å². The van der Waals surface area contributed by atoms with Crippen LogP contribution in [0.1, 0.15) is 15.9 Å². The standard InChI is InChI=1S/C14H13N3O5S/c1-10-5-6-11(14(18)19)8-13(10)23(21,22)16-15-9-12-4-2-3-7-17(12)20/h2-9,20H,1H3,(H,18,19)/b12-9+,16-15?. The molecule has 23 heavy (non-hydrogen) atoms. The molecule has 2 N–H and O–H groups in total. The van der Waals surface area contributed by atoms with E-state index in [-0.39, 0.29) is 16.2 Å². The first-order chi connectivity index (χ1) is 10.8. The van der Waals surface area contributed by atoms with Crippen LogP contribution >= 0.6 is 0 Å². The number of aromatic carboxylic acids is 1. The number of rotatable bonds is 4. The quantitative estimate of drug-likeness (QED) is 0.816. The summed E-state index contributed by atoms with van der Waals surface area (Å²) in [6, 6.07) is 3.72. The van der Waals surface area contributed by atoms with Gasteiger partial charge in [-0.2, -0.15) is 8.42 Å². The number of hydrogen-bond acceptors (Lipinski definition) is 6. The van der Waals surface area contributed by atoms with Gasteiger partial charge in [0.1, 0.15) is 0 Å². The third-order valence-corrected chi connectivity index (χ3v) is 4.23. The summed E-state index contributed by atoms with van der Waals surface area (Å²) in [6.07, 6.45) is 7.11. The molecule has 0 unspecified atom stereocenters. The van der Waals surface area contributed by atoms with Crippen LogP contribution in [0.3, 0.4) is 0 Å². The molecule has 8 nitrogen and oxygen atoms in total. The molecule has 1 aliphatic rings. The van der Waals surface area contributed by atoms with Gasteiger partial charge in [-0.05, 0) is 36.8 Å². The van der Waals surface area contributed by atoms with Gasteiger partial charge in [0.15, 0.2) is 0 Å². The molecule has 0 spiro atoms. The van der Waals surface area contributed by atoms with E-state index in [2.05, 4.69) is 9.63 Å². The van der Waals surface area contributed by atoms with E-state index in [0.717, 1.165) is 17.3 Å². The molecule has 0 fully saturated rings. The molecule has 0 amide bonds. The van der Waals surface area contributed by atoms with E-state index in [1.807, 2.05) is 0 Å². The Morgan fingerprint density at radius 1 is 1.30 bits per heavy atom. The van der Waals surface area contributed by atoms with Crippen LogP contribution in [0.5, 0.6) is 0 Å². The highest BCUT2D eigenvalue weighted by Gasteiger charge is 2.18. The molecular weight excluding hydrogens is 322 g/mol. The third kappa shape index (κ3) is 3.90. The van der Waals surface area contributed by atoms with Gasteiger partial charge in [0.05, 0.1) is 22.4 Å². The van der Waals surface area contributed by atoms with Crippen LogP contribution in [0.15, 0.2) is 69.1 Å². The normalized spacial score (nSPS) is 16.4. The SMILES string of the molecule is Cc1ccc(C(=O)O)cc1S(=O)(=O)N=N/C=C1\C=CC=CN1O. The van der Waals surface area contributed by atoms with E-state index in [4.69, 9.17) is 5.11 Å². The van der Waals surface area contributed by atoms with Crippen LogP contribution < -0.4 is 0 Å². The summed E-state index contributed by atoms with van der Waals surface area (Å²) in [5.74, 6) is -1.24. The van der Waals surface area contributed by atoms with Crippen LogP contribution in [-0.4, -0.2) is 29.8 Å². The number of benzene rings is 1. The van der Waals surface area contributed by atoms with Crippen LogP contribution in [-0.2, 0) is 10.0 Å². The molecular formula is C14H13N3O5S. The van der Waals surface area contributed by atoms with Gasteiger partial charge in [0.2, 0.25) is 0 Å². The minimum absolute atomic E-state index is 0.162. The number of sulfonamides is 1. The van der Waals surface area contributed by atoms with Gasteiger partial charge in [0, 0.05) is 6.20 Å². The third-order valence-electron chi connectivity index (χ3n) is 2.93. The molecule has 1 aliphatic heterocycles. The van der Waals surface area contributed by atoms with E-state index >= 15 is 0 Å². The van der Waals surface area contributed by atoms with Crippen molar-refractivity contribution in [3.8, 4) is 0 Å². The highest BCUT2D eigenvalue weighted by molar-refractivity contribution is 7.90. The maximum absolute atomic E-state index is 12.2. The molecule has 0 atom stereocenters. The van der Waals surface area contributed by atoms with Crippen molar-refractivity contribution in [2.45, 2.75) is 11.8 Å². The fourth-order valence-electron chi connectivity index (χ4n) is 1.75. The number of carboxylic acids is 1. The predicted octanol–water partition coefficient (Wildman–Crippen LogP) is 2.45. The van der Waals surface area contributed by atoms with E-state index < -0.39 is 16.0 Å². The van der Waals surface area contributed by atoms with Gasteiger partial charge in [-0.25, -0.2) is 9.86 Å². The summed E-state index contributed by atoms with van der Waals surface area (Å²) in [4.78, 5) is 10.7. The Morgan fingerprint density at radius 3 is 2.70 bits per heavy atom. The molecule has 2 rings (SSSR count). The minimum atomic E-state index is -4.16. The first kappa shape index (κ1) is 16.6. The zero-order chi connectivity index (χ0) is 17.0. The maximum Gasteiger partial charge on any atom is 0.335 e. The first-order valence-electron chi connectivity index (χ1n) is 6.35. The molecule has 0 saturated carbocycles. The van der Waals surface area contributed by atoms with E-state index in [1.54, 1.807) is 12.2 Å². The summed E-state index contributed by atoms with van der Waals surface area (Å²) in [7, 11) is -4.16. The van der Waals surface area contributed by atoms with Gasteiger partial charge in [-0.1, -0.05) is 16.7 Å². The van der Waals surface area contributed by atoms with Crippen LogP contribution in [0.2, 0.25) is 0 Å². The molecule has 0 aliphatic carbocycles. The fourth-order valence-corrected chi connectivity index (χ4v) is 2.76. The first-order valence-corrected chi connectivity index (χ1v) is 7.79. The van der Waals surface area contributed by atoms with Gasteiger partial charge in [-0.3, -0.25) is 5.21 Å². The predicted molar refractivity (Wildman–Crippen MR) is 80.2 cm³/mol. The van der Waals surface area contributed by atoms with Crippen LogP contribution in [0.4, 0.5) is 0 Å². The second kappa shape index (κ2) is 6.55. The average molecular weight is 335 g/mol. The largest absolute Gasteiger partial charge is 0.478 e. The average Bonchev–Trinajstić information content (AvgIpc) is 2.49. The topological polar surface area (TPSA) is 120 Å². The highest BCUT2D eigenvalue weighted by atomic mass is 32.2. The Balaban J connectivity index is 2.32. The molecule has 9 heteroatoms. The molecule has 0 radical (unpaired) electrons. The van der Waals surface area contributed by atoms with Crippen LogP contribution in [0.25, 0.3) is 0 Å².